The number of rotatable bonds is 0. The molecule has 0 aromatic rings. The Hall–Kier alpha value is 0.198. The molecule has 0 saturated heterocycles. The summed E-state index contributed by atoms with van der Waals surface area (Å²) in [4.78, 5) is 0. The van der Waals surface area contributed by atoms with Crippen LogP contribution in [0.5, 0.6) is 0 Å². The van der Waals surface area contributed by atoms with Crippen molar-refractivity contribution in [2.75, 3.05) is 0 Å². The molecule has 0 aromatic heterocycles. The third-order valence-corrected chi connectivity index (χ3v) is 0. The molecule has 0 atom stereocenters. The second-order valence-electron chi connectivity index (χ2n) is 0.283. The zero-order valence-electron chi connectivity index (χ0n) is 3.22. The molecular formula is H9AsN2O3. The van der Waals surface area contributed by atoms with Gasteiger partial charge in [-0.25, -0.2) is 0 Å². The Balaban J connectivity index is -0.0000000450. The van der Waals surface area contributed by atoms with Crippen LogP contribution in [0.15, 0.2) is 0 Å². The summed E-state index contributed by atoms with van der Waals surface area (Å²) in [6.07, 6.45) is 0. The molecule has 6 heteroatoms. The predicted molar refractivity (Wildman–Crippen MR) is 22.3 cm³/mol. The van der Waals surface area contributed by atoms with Crippen molar-refractivity contribution in [2.24, 2.45) is 0 Å². The van der Waals surface area contributed by atoms with E-state index in [2.05, 4.69) is 0 Å². The van der Waals surface area contributed by atoms with E-state index in [1.165, 1.54) is 0 Å². The number of hydrogen-bond donors (Lipinski definition) is 4. The van der Waals surface area contributed by atoms with E-state index in [1.807, 2.05) is 0 Å². The van der Waals surface area contributed by atoms with Gasteiger partial charge in [-0.15, -0.1) is 0 Å². The molecule has 0 unspecified atom stereocenters. The molecule has 5 nitrogen and oxygen atoms in total. The van der Waals surface area contributed by atoms with E-state index in [4.69, 9.17) is 11.9 Å². The second-order valence-corrected chi connectivity index (χ2v) is 1.47. The third-order valence-electron chi connectivity index (χ3n) is 0. The van der Waals surface area contributed by atoms with Crippen LogP contribution < -0.4 is 12.3 Å². The SMILES string of the molecule is N.N.O=[AsH](O)O. The van der Waals surface area contributed by atoms with Gasteiger partial charge in [0.2, 0.25) is 0 Å². The van der Waals surface area contributed by atoms with E-state index >= 15 is 0 Å². The summed E-state index contributed by atoms with van der Waals surface area (Å²) in [6, 6.07) is 0. The minimum absolute atomic E-state index is 0. The Kier molecular flexibility index (Phi) is 24.4. The summed E-state index contributed by atoms with van der Waals surface area (Å²) in [6.45, 7) is 0. The zero-order chi connectivity index (χ0) is 3.58. The van der Waals surface area contributed by atoms with E-state index < -0.39 is 15.3 Å². The molecular weight excluding hydrogens is 151 g/mol. The topological polar surface area (TPSA) is 128 Å². The molecule has 6 heavy (non-hydrogen) atoms. The molecule has 0 amide bonds. The van der Waals surface area contributed by atoms with E-state index in [0.717, 1.165) is 0 Å². The van der Waals surface area contributed by atoms with Crippen LogP contribution in [0.25, 0.3) is 0 Å². The van der Waals surface area contributed by atoms with E-state index in [-0.39, 0.29) is 12.3 Å². The van der Waals surface area contributed by atoms with E-state index in [9.17, 15) is 0 Å². The fourth-order valence-corrected chi connectivity index (χ4v) is 0. The van der Waals surface area contributed by atoms with Crippen LogP contribution in [0, 0.1) is 0 Å². The van der Waals surface area contributed by atoms with Gasteiger partial charge < -0.3 is 12.3 Å². The first-order valence-corrected chi connectivity index (χ1v) is 3.38. The van der Waals surface area contributed by atoms with Crippen LogP contribution in [0.4, 0.5) is 0 Å². The van der Waals surface area contributed by atoms with Crippen molar-refractivity contribution in [3.05, 3.63) is 0 Å². The Bertz CT molecular complexity index is 31.8. The Morgan fingerprint density at radius 3 is 1.17 bits per heavy atom. The Morgan fingerprint density at radius 1 is 1.17 bits per heavy atom. The molecule has 0 bridgehead atoms. The average Bonchev–Trinajstić information content (AvgIpc) is 0.811. The van der Waals surface area contributed by atoms with Gasteiger partial charge in [0.15, 0.2) is 0 Å². The molecule has 0 aliphatic heterocycles. The molecule has 0 rings (SSSR count). The maximum atomic E-state index is 8.81. The molecule has 0 radical (unpaired) electrons. The molecule has 42 valence electrons. The predicted octanol–water partition coefficient (Wildman–Crippen LogP) is -1.56. The van der Waals surface area contributed by atoms with Gasteiger partial charge in [0.25, 0.3) is 0 Å². The van der Waals surface area contributed by atoms with Crippen molar-refractivity contribution in [2.45, 2.75) is 0 Å². The van der Waals surface area contributed by atoms with Gasteiger partial charge >= 0.3 is 27.2 Å². The van der Waals surface area contributed by atoms with Gasteiger partial charge in [-0.2, -0.15) is 0 Å². The van der Waals surface area contributed by atoms with Crippen molar-refractivity contribution in [3.63, 3.8) is 0 Å². The Morgan fingerprint density at radius 2 is 1.17 bits per heavy atom. The fourth-order valence-electron chi connectivity index (χ4n) is 0. The molecule has 8 N–H and O–H groups in total. The van der Waals surface area contributed by atoms with Crippen LogP contribution >= 0.6 is 0 Å². The van der Waals surface area contributed by atoms with E-state index in [0.29, 0.717) is 0 Å². The first kappa shape index (κ1) is 16.4. The van der Waals surface area contributed by atoms with Crippen molar-refractivity contribution >= 4 is 15.3 Å². The van der Waals surface area contributed by atoms with Gasteiger partial charge in [0.1, 0.15) is 0 Å². The summed E-state index contributed by atoms with van der Waals surface area (Å²) in [5.74, 6) is 0. The van der Waals surface area contributed by atoms with Crippen LogP contribution in [-0.2, 0) is 3.74 Å². The van der Waals surface area contributed by atoms with Crippen molar-refractivity contribution < 1.29 is 11.9 Å². The average molecular weight is 160 g/mol. The van der Waals surface area contributed by atoms with Gasteiger partial charge in [0, 0.05) is 0 Å². The summed E-state index contributed by atoms with van der Waals surface area (Å²) < 4.78 is 23.2. The summed E-state index contributed by atoms with van der Waals surface area (Å²) in [5.41, 5.74) is 0. The van der Waals surface area contributed by atoms with Gasteiger partial charge in [-0.1, -0.05) is 0 Å². The Labute approximate surface area is 40.3 Å². The standard InChI is InChI=1S/AsH3O3.2H3N/c2-1(3)4;;/h1H,(H2,2,3,4);2*1H3. The van der Waals surface area contributed by atoms with Crippen molar-refractivity contribution in [1.29, 1.82) is 0 Å². The first-order chi connectivity index (χ1) is 1.73. The molecule has 0 fully saturated rings. The second kappa shape index (κ2) is 8.96. The summed E-state index contributed by atoms with van der Waals surface area (Å²) in [7, 11) is 0. The van der Waals surface area contributed by atoms with Gasteiger partial charge in [-0.3, -0.25) is 0 Å². The van der Waals surface area contributed by atoms with Crippen LogP contribution in [-0.4, -0.2) is 23.5 Å². The van der Waals surface area contributed by atoms with E-state index in [1.54, 1.807) is 0 Å². The molecule has 0 spiro atoms. The van der Waals surface area contributed by atoms with Crippen LogP contribution in [0.3, 0.4) is 0 Å². The van der Waals surface area contributed by atoms with Crippen molar-refractivity contribution in [1.82, 2.24) is 12.3 Å². The van der Waals surface area contributed by atoms with Crippen LogP contribution in [0.1, 0.15) is 0 Å². The normalized spacial score (nSPS) is 5.83. The zero-order valence-corrected chi connectivity index (χ0v) is 5.31. The summed E-state index contributed by atoms with van der Waals surface area (Å²) in [5, 5.41) is 0. The quantitative estimate of drug-likeness (QED) is 0.318. The molecule has 0 aliphatic carbocycles. The first-order valence-electron chi connectivity index (χ1n) is 0.651. The summed E-state index contributed by atoms with van der Waals surface area (Å²) >= 11 is -3.58. The van der Waals surface area contributed by atoms with Crippen LogP contribution in [0.2, 0.25) is 0 Å². The molecule has 0 aliphatic rings. The van der Waals surface area contributed by atoms with Crippen molar-refractivity contribution in [3.8, 4) is 0 Å². The van der Waals surface area contributed by atoms with Gasteiger partial charge in [-0.05, 0) is 0 Å². The molecule has 0 aromatic carbocycles. The monoisotopic (exact) mass is 160 g/mol. The molecule has 0 heterocycles. The maximum absolute atomic E-state index is 8.81. The third kappa shape index (κ3) is 1090. The number of hydrogen-bond acceptors (Lipinski definition) is 3. The minimum atomic E-state index is -3.58. The molecule has 0 saturated carbocycles. The fraction of sp³-hybridized carbons (Fsp3) is 0. The van der Waals surface area contributed by atoms with Gasteiger partial charge in [0.05, 0.1) is 0 Å².